The van der Waals surface area contributed by atoms with Crippen LogP contribution in [0.3, 0.4) is 0 Å². The number of aryl methyl sites for hydroxylation is 3. The van der Waals surface area contributed by atoms with Crippen LogP contribution in [0.2, 0.25) is 0 Å². The molecule has 0 radical (unpaired) electrons. The molecule has 2 aromatic carbocycles. The number of hydrogen-bond acceptors (Lipinski definition) is 6. The van der Waals surface area contributed by atoms with E-state index in [1.807, 2.05) is 56.0 Å². The van der Waals surface area contributed by atoms with Crippen LogP contribution >= 0.6 is 0 Å². The highest BCUT2D eigenvalue weighted by atomic mass is 19.4. The summed E-state index contributed by atoms with van der Waals surface area (Å²) >= 11 is 0. The standard InChI is InChI=1S/C31H33F3N6O/c1-4-25-18-29(36-19-35-25)40-30(12-21(3)38-40)37-27-13-22(9-8-20(27)2)14-28(41)23-15-24(31(32,33)34)17-26(16-23)39-10-6-5-7-11-39/h8-9,12-13,15-19,37H,4-7,10-11,14H2,1-3H3. The summed E-state index contributed by atoms with van der Waals surface area (Å²) in [6.07, 6.45) is 0.618. The molecule has 3 heterocycles. The summed E-state index contributed by atoms with van der Waals surface area (Å²) in [5.41, 5.74) is 3.81. The van der Waals surface area contributed by atoms with Crippen molar-refractivity contribution >= 4 is 23.0 Å². The molecule has 1 N–H and O–H groups in total. The molecule has 0 unspecified atom stereocenters. The summed E-state index contributed by atoms with van der Waals surface area (Å²) in [5, 5.41) is 7.99. The number of piperidine rings is 1. The molecular formula is C31H33F3N6O. The number of benzene rings is 2. The predicted molar refractivity (Wildman–Crippen MR) is 153 cm³/mol. The van der Waals surface area contributed by atoms with Crippen LogP contribution in [0.25, 0.3) is 5.82 Å². The third-order valence-electron chi connectivity index (χ3n) is 7.34. The monoisotopic (exact) mass is 562 g/mol. The fourth-order valence-electron chi connectivity index (χ4n) is 5.07. The minimum atomic E-state index is -4.54. The molecule has 1 aliphatic rings. The Morgan fingerprint density at radius 1 is 0.976 bits per heavy atom. The van der Waals surface area contributed by atoms with Crippen LogP contribution < -0.4 is 10.2 Å². The van der Waals surface area contributed by atoms with Crippen LogP contribution in [0.5, 0.6) is 0 Å². The first-order chi connectivity index (χ1) is 19.6. The molecule has 0 saturated carbocycles. The molecule has 1 fully saturated rings. The number of anilines is 3. The van der Waals surface area contributed by atoms with Crippen molar-refractivity contribution < 1.29 is 18.0 Å². The number of carbonyl (C=O) groups is 1. The van der Waals surface area contributed by atoms with Crippen molar-refractivity contribution in [1.82, 2.24) is 19.7 Å². The predicted octanol–water partition coefficient (Wildman–Crippen LogP) is 7.02. The molecule has 0 atom stereocenters. The van der Waals surface area contributed by atoms with Crippen molar-refractivity contribution in [2.75, 3.05) is 23.3 Å². The fourth-order valence-corrected chi connectivity index (χ4v) is 5.07. The Bertz CT molecular complexity index is 1560. The largest absolute Gasteiger partial charge is 0.416 e. The summed E-state index contributed by atoms with van der Waals surface area (Å²) in [6, 6.07) is 13.1. The molecule has 4 aromatic rings. The van der Waals surface area contributed by atoms with Gasteiger partial charge in [-0.1, -0.05) is 19.1 Å². The first kappa shape index (κ1) is 28.3. The van der Waals surface area contributed by atoms with Crippen molar-refractivity contribution in [3.8, 4) is 5.82 Å². The maximum atomic E-state index is 13.8. The highest BCUT2D eigenvalue weighted by Crippen LogP contribution is 2.34. The zero-order chi connectivity index (χ0) is 29.1. The normalized spacial score (nSPS) is 13.9. The van der Waals surface area contributed by atoms with Gasteiger partial charge in [-0.05, 0) is 74.9 Å². The molecule has 0 amide bonds. The lowest BCUT2D eigenvalue weighted by Gasteiger charge is -2.29. The molecule has 41 heavy (non-hydrogen) atoms. The van der Waals surface area contributed by atoms with Gasteiger partial charge in [0.05, 0.1) is 11.3 Å². The SMILES string of the molecule is CCc1cc(-n2nc(C)cc2Nc2cc(CC(=O)c3cc(N4CCCCC4)cc(C(F)(F)F)c3)ccc2C)ncn1. The molecule has 5 rings (SSSR count). The molecule has 1 aliphatic heterocycles. The number of nitrogens with one attached hydrogen (secondary N) is 1. The van der Waals surface area contributed by atoms with Gasteiger partial charge in [0.25, 0.3) is 0 Å². The van der Waals surface area contributed by atoms with E-state index >= 15 is 0 Å². The van der Waals surface area contributed by atoms with E-state index in [2.05, 4.69) is 20.4 Å². The van der Waals surface area contributed by atoms with E-state index in [4.69, 9.17) is 0 Å². The van der Waals surface area contributed by atoms with Gasteiger partial charge in [-0.3, -0.25) is 4.79 Å². The highest BCUT2D eigenvalue weighted by molar-refractivity contribution is 5.98. The minimum absolute atomic E-state index is 0.0280. The van der Waals surface area contributed by atoms with Gasteiger partial charge in [0, 0.05) is 54.3 Å². The molecule has 214 valence electrons. The summed E-state index contributed by atoms with van der Waals surface area (Å²) in [5.74, 6) is 0.961. The van der Waals surface area contributed by atoms with Crippen molar-refractivity contribution in [3.05, 3.63) is 88.5 Å². The first-order valence-electron chi connectivity index (χ1n) is 13.9. The van der Waals surface area contributed by atoms with Crippen molar-refractivity contribution in [3.63, 3.8) is 0 Å². The number of rotatable bonds is 8. The average Bonchev–Trinajstić information content (AvgIpc) is 3.34. The fraction of sp³-hybridized carbons (Fsp3) is 0.355. The van der Waals surface area contributed by atoms with E-state index in [0.717, 1.165) is 60.5 Å². The van der Waals surface area contributed by atoms with Crippen LogP contribution in [0.4, 0.5) is 30.4 Å². The summed E-state index contributed by atoms with van der Waals surface area (Å²) in [4.78, 5) is 23.9. The second-order valence-corrected chi connectivity index (χ2v) is 10.5. The second-order valence-electron chi connectivity index (χ2n) is 10.5. The number of ketones is 1. The van der Waals surface area contributed by atoms with Crippen LogP contribution in [0.15, 0.2) is 54.9 Å². The number of aromatic nitrogens is 4. The van der Waals surface area contributed by atoms with Crippen molar-refractivity contribution in [2.45, 2.75) is 59.1 Å². The van der Waals surface area contributed by atoms with Crippen LogP contribution in [-0.4, -0.2) is 38.6 Å². The van der Waals surface area contributed by atoms with Gasteiger partial charge >= 0.3 is 6.18 Å². The van der Waals surface area contributed by atoms with Gasteiger partial charge in [0.1, 0.15) is 12.1 Å². The molecule has 10 heteroatoms. The Kier molecular flexibility index (Phi) is 8.10. The number of halogens is 3. The Morgan fingerprint density at radius 3 is 2.49 bits per heavy atom. The molecule has 7 nitrogen and oxygen atoms in total. The third-order valence-corrected chi connectivity index (χ3v) is 7.34. The summed E-state index contributed by atoms with van der Waals surface area (Å²) < 4.78 is 43.0. The molecule has 0 bridgehead atoms. The lowest BCUT2D eigenvalue weighted by atomic mass is 9.98. The van der Waals surface area contributed by atoms with Gasteiger partial charge in [0.15, 0.2) is 11.6 Å². The number of nitrogens with zero attached hydrogens (tertiary/aromatic N) is 5. The average molecular weight is 563 g/mol. The Balaban J connectivity index is 1.41. The molecular weight excluding hydrogens is 529 g/mol. The number of hydrogen-bond donors (Lipinski definition) is 1. The lowest BCUT2D eigenvalue weighted by Crippen LogP contribution is -2.30. The topological polar surface area (TPSA) is 75.9 Å². The quantitative estimate of drug-likeness (QED) is 0.233. The zero-order valence-corrected chi connectivity index (χ0v) is 23.4. The van der Waals surface area contributed by atoms with Crippen LogP contribution in [0.1, 0.15) is 64.6 Å². The molecule has 0 spiro atoms. The van der Waals surface area contributed by atoms with E-state index in [0.29, 0.717) is 36.0 Å². The maximum absolute atomic E-state index is 13.8. The molecule has 0 aliphatic carbocycles. The van der Waals surface area contributed by atoms with Gasteiger partial charge in [-0.15, -0.1) is 0 Å². The third kappa shape index (κ3) is 6.58. The Hall–Kier alpha value is -4.21. The Labute approximate surface area is 237 Å². The van der Waals surface area contributed by atoms with Crippen molar-refractivity contribution in [1.29, 1.82) is 0 Å². The summed E-state index contributed by atoms with van der Waals surface area (Å²) in [6.45, 7) is 7.22. The smallest absolute Gasteiger partial charge is 0.372 e. The molecule has 1 saturated heterocycles. The lowest BCUT2D eigenvalue weighted by molar-refractivity contribution is -0.137. The van der Waals surface area contributed by atoms with E-state index in [9.17, 15) is 18.0 Å². The minimum Gasteiger partial charge on any atom is -0.372 e. The van der Waals surface area contributed by atoms with E-state index in [-0.39, 0.29) is 17.8 Å². The van der Waals surface area contributed by atoms with E-state index in [1.54, 1.807) is 10.7 Å². The van der Waals surface area contributed by atoms with Crippen LogP contribution in [0, 0.1) is 13.8 Å². The second kappa shape index (κ2) is 11.7. The van der Waals surface area contributed by atoms with E-state index < -0.39 is 11.7 Å². The molecule has 2 aromatic heterocycles. The number of carbonyl (C=O) groups excluding carboxylic acids is 1. The highest BCUT2D eigenvalue weighted by Gasteiger charge is 2.32. The Morgan fingerprint density at radius 2 is 1.76 bits per heavy atom. The zero-order valence-electron chi connectivity index (χ0n) is 23.4. The van der Waals surface area contributed by atoms with Gasteiger partial charge < -0.3 is 10.2 Å². The van der Waals surface area contributed by atoms with Gasteiger partial charge in [-0.25, -0.2) is 9.97 Å². The maximum Gasteiger partial charge on any atom is 0.416 e. The summed E-state index contributed by atoms with van der Waals surface area (Å²) in [7, 11) is 0. The van der Waals surface area contributed by atoms with Crippen molar-refractivity contribution in [2.24, 2.45) is 0 Å². The van der Waals surface area contributed by atoms with Gasteiger partial charge in [-0.2, -0.15) is 23.0 Å². The van der Waals surface area contributed by atoms with Gasteiger partial charge in [0.2, 0.25) is 0 Å². The number of Topliss-reactive ketones (excluding diaryl/α,β-unsaturated/α-hetero) is 1. The first-order valence-corrected chi connectivity index (χ1v) is 13.9. The van der Waals surface area contributed by atoms with E-state index in [1.165, 1.54) is 6.33 Å². The number of alkyl halides is 3. The van der Waals surface area contributed by atoms with Crippen LogP contribution in [-0.2, 0) is 19.0 Å².